The van der Waals surface area contributed by atoms with Crippen LogP contribution in [-0.2, 0) is 0 Å². The Morgan fingerprint density at radius 1 is 0.875 bits per heavy atom. The van der Waals surface area contributed by atoms with Gasteiger partial charge in [-0.05, 0) is 53.6 Å². The quantitative estimate of drug-likeness (QED) is 0.541. The van der Waals surface area contributed by atoms with Gasteiger partial charge in [-0.1, -0.05) is 41.4 Å². The summed E-state index contributed by atoms with van der Waals surface area (Å²) in [6.45, 7) is 0. The zero-order valence-electron chi connectivity index (χ0n) is 12.8. The Bertz CT molecular complexity index is 815. The predicted octanol–water partition coefficient (Wildman–Crippen LogP) is 5.79. The summed E-state index contributed by atoms with van der Waals surface area (Å²) in [7, 11) is 0. The minimum Gasteiger partial charge on any atom is -0.294 e. The van der Waals surface area contributed by atoms with Crippen molar-refractivity contribution in [2.75, 3.05) is 0 Å². The molecule has 0 aliphatic carbocycles. The van der Waals surface area contributed by atoms with Gasteiger partial charge in [-0.2, -0.15) is 0 Å². The molecule has 4 heteroatoms. The molecule has 1 atom stereocenters. The Morgan fingerprint density at radius 3 is 2.08 bits per heavy atom. The summed E-state index contributed by atoms with van der Waals surface area (Å²) >= 11 is 11.9. The van der Waals surface area contributed by atoms with Gasteiger partial charge in [0.05, 0.1) is 0 Å². The van der Waals surface area contributed by atoms with Crippen LogP contribution in [0.1, 0.15) is 33.8 Å². The number of benzene rings is 2. The summed E-state index contributed by atoms with van der Waals surface area (Å²) in [5.41, 5.74) is 2.69. The number of aromatic nitrogens is 1. The van der Waals surface area contributed by atoms with Crippen molar-refractivity contribution in [2.24, 2.45) is 0 Å². The highest BCUT2D eigenvalue weighted by Gasteiger charge is 2.19. The number of ketones is 1. The Kier molecular flexibility index (Phi) is 5.29. The van der Waals surface area contributed by atoms with Gasteiger partial charge in [0.25, 0.3) is 0 Å². The SMILES string of the molecule is O=C(CC(c1ccc(Cl)cc1)c1cccnc1)c1ccc(Cl)cc1. The Morgan fingerprint density at radius 2 is 1.50 bits per heavy atom. The number of halogens is 2. The molecule has 0 N–H and O–H groups in total. The molecule has 0 fully saturated rings. The molecule has 0 radical (unpaired) electrons. The highest BCUT2D eigenvalue weighted by Crippen LogP contribution is 2.30. The first-order valence-electron chi connectivity index (χ1n) is 7.57. The highest BCUT2D eigenvalue weighted by atomic mass is 35.5. The molecular formula is C20H15Cl2NO. The van der Waals surface area contributed by atoms with Gasteiger partial charge in [0.1, 0.15) is 0 Å². The van der Waals surface area contributed by atoms with Crippen LogP contribution in [0.25, 0.3) is 0 Å². The van der Waals surface area contributed by atoms with Gasteiger partial charge in [0, 0.05) is 40.3 Å². The first-order valence-corrected chi connectivity index (χ1v) is 8.33. The van der Waals surface area contributed by atoms with Crippen LogP contribution < -0.4 is 0 Å². The summed E-state index contributed by atoms with van der Waals surface area (Å²) < 4.78 is 0. The van der Waals surface area contributed by atoms with E-state index in [9.17, 15) is 4.79 Å². The highest BCUT2D eigenvalue weighted by molar-refractivity contribution is 6.30. The number of pyridine rings is 1. The molecule has 24 heavy (non-hydrogen) atoms. The lowest BCUT2D eigenvalue weighted by atomic mass is 9.86. The smallest absolute Gasteiger partial charge is 0.163 e. The molecule has 1 unspecified atom stereocenters. The molecule has 3 rings (SSSR count). The third-order valence-electron chi connectivity index (χ3n) is 3.91. The first kappa shape index (κ1) is 16.7. The van der Waals surface area contributed by atoms with Crippen LogP contribution in [0, 0.1) is 0 Å². The van der Waals surface area contributed by atoms with Crippen molar-refractivity contribution < 1.29 is 4.79 Å². The summed E-state index contributed by atoms with van der Waals surface area (Å²) in [5, 5.41) is 1.29. The number of carbonyl (C=O) groups excluding carboxylic acids is 1. The number of carbonyl (C=O) groups is 1. The van der Waals surface area contributed by atoms with Gasteiger partial charge in [-0.25, -0.2) is 0 Å². The fraction of sp³-hybridized carbons (Fsp3) is 0.100. The van der Waals surface area contributed by atoms with E-state index < -0.39 is 0 Å². The lowest BCUT2D eigenvalue weighted by molar-refractivity contribution is 0.0977. The molecule has 0 aliphatic heterocycles. The van der Waals surface area contributed by atoms with Gasteiger partial charge < -0.3 is 0 Å². The summed E-state index contributed by atoms with van der Waals surface area (Å²) in [6.07, 6.45) is 3.88. The molecule has 0 spiro atoms. The molecule has 2 aromatic carbocycles. The van der Waals surface area contributed by atoms with E-state index in [4.69, 9.17) is 23.2 Å². The van der Waals surface area contributed by atoms with Crippen LogP contribution in [0.4, 0.5) is 0 Å². The summed E-state index contributed by atoms with van der Waals surface area (Å²) in [5.74, 6) is -0.00499. The third-order valence-corrected chi connectivity index (χ3v) is 4.42. The normalized spacial score (nSPS) is 11.9. The predicted molar refractivity (Wildman–Crippen MR) is 97.9 cm³/mol. The number of rotatable bonds is 5. The molecule has 3 aromatic rings. The average Bonchev–Trinajstić information content (AvgIpc) is 2.62. The largest absolute Gasteiger partial charge is 0.294 e. The second-order valence-electron chi connectivity index (χ2n) is 5.52. The maximum absolute atomic E-state index is 12.7. The van der Waals surface area contributed by atoms with E-state index in [1.165, 1.54) is 0 Å². The van der Waals surface area contributed by atoms with E-state index in [2.05, 4.69) is 4.98 Å². The lowest BCUT2D eigenvalue weighted by Crippen LogP contribution is -2.09. The number of hydrogen-bond acceptors (Lipinski definition) is 2. The fourth-order valence-electron chi connectivity index (χ4n) is 2.64. The lowest BCUT2D eigenvalue weighted by Gasteiger charge is -2.17. The first-order chi connectivity index (χ1) is 11.6. The average molecular weight is 356 g/mol. The van der Waals surface area contributed by atoms with Gasteiger partial charge in [0.15, 0.2) is 5.78 Å². The monoisotopic (exact) mass is 355 g/mol. The van der Waals surface area contributed by atoms with Crippen LogP contribution in [-0.4, -0.2) is 10.8 Å². The zero-order chi connectivity index (χ0) is 16.9. The zero-order valence-corrected chi connectivity index (χ0v) is 14.3. The van der Waals surface area contributed by atoms with E-state index in [0.717, 1.165) is 11.1 Å². The molecule has 0 aliphatic rings. The van der Waals surface area contributed by atoms with Crippen molar-refractivity contribution in [2.45, 2.75) is 12.3 Å². The molecule has 0 saturated heterocycles. The second kappa shape index (κ2) is 7.61. The Hall–Kier alpha value is -2.16. The standard InChI is InChI=1S/C20H15Cl2NO/c21-17-7-3-14(4-8-17)19(16-2-1-11-23-13-16)12-20(24)15-5-9-18(22)10-6-15/h1-11,13,19H,12H2. The van der Waals surface area contributed by atoms with Crippen LogP contribution in [0.3, 0.4) is 0 Å². The molecule has 2 nitrogen and oxygen atoms in total. The summed E-state index contributed by atoms with van der Waals surface area (Å²) in [4.78, 5) is 16.9. The fourth-order valence-corrected chi connectivity index (χ4v) is 2.90. The molecular weight excluding hydrogens is 341 g/mol. The molecule has 120 valence electrons. The number of nitrogens with zero attached hydrogens (tertiary/aromatic N) is 1. The van der Waals surface area contributed by atoms with Gasteiger partial charge in [-0.3, -0.25) is 9.78 Å². The van der Waals surface area contributed by atoms with Crippen LogP contribution in [0.2, 0.25) is 10.0 Å². The van der Waals surface area contributed by atoms with Crippen molar-refractivity contribution >= 4 is 29.0 Å². The van der Waals surface area contributed by atoms with E-state index in [0.29, 0.717) is 22.0 Å². The van der Waals surface area contributed by atoms with Gasteiger partial charge >= 0.3 is 0 Å². The van der Waals surface area contributed by atoms with Crippen LogP contribution in [0.5, 0.6) is 0 Å². The van der Waals surface area contributed by atoms with E-state index in [1.807, 2.05) is 36.4 Å². The second-order valence-corrected chi connectivity index (χ2v) is 6.40. The van der Waals surface area contributed by atoms with E-state index >= 15 is 0 Å². The molecule has 1 heterocycles. The molecule has 1 aromatic heterocycles. The van der Waals surface area contributed by atoms with Crippen molar-refractivity contribution in [3.05, 3.63) is 99.8 Å². The Labute approximate surface area is 151 Å². The molecule has 0 saturated carbocycles. The number of Topliss-reactive ketones (excluding diaryl/α,β-unsaturated/α-hetero) is 1. The summed E-state index contributed by atoms with van der Waals surface area (Å²) in [6, 6.07) is 18.4. The van der Waals surface area contributed by atoms with E-state index in [1.54, 1.807) is 36.7 Å². The van der Waals surface area contributed by atoms with Crippen molar-refractivity contribution in [1.29, 1.82) is 0 Å². The van der Waals surface area contributed by atoms with Gasteiger partial charge in [-0.15, -0.1) is 0 Å². The van der Waals surface area contributed by atoms with Crippen molar-refractivity contribution in [3.8, 4) is 0 Å². The van der Waals surface area contributed by atoms with E-state index in [-0.39, 0.29) is 11.7 Å². The maximum atomic E-state index is 12.7. The van der Waals surface area contributed by atoms with Crippen LogP contribution >= 0.6 is 23.2 Å². The van der Waals surface area contributed by atoms with Gasteiger partial charge in [0.2, 0.25) is 0 Å². The van der Waals surface area contributed by atoms with Crippen molar-refractivity contribution in [3.63, 3.8) is 0 Å². The Balaban J connectivity index is 1.91. The van der Waals surface area contributed by atoms with Crippen molar-refractivity contribution in [1.82, 2.24) is 4.98 Å². The maximum Gasteiger partial charge on any atom is 0.163 e. The third kappa shape index (κ3) is 4.02. The molecule has 0 bridgehead atoms. The minimum atomic E-state index is -0.0702. The molecule has 0 amide bonds. The minimum absolute atomic E-state index is 0.0652. The number of hydrogen-bond donors (Lipinski definition) is 0. The van der Waals surface area contributed by atoms with Crippen LogP contribution in [0.15, 0.2) is 73.1 Å². The topological polar surface area (TPSA) is 30.0 Å².